The van der Waals surface area contributed by atoms with Crippen LogP contribution in [0.25, 0.3) is 0 Å². The molecular formula is C55H91N7O25. The van der Waals surface area contributed by atoms with Crippen LogP contribution in [0.3, 0.4) is 0 Å². The lowest BCUT2D eigenvalue weighted by Gasteiger charge is -2.42. The van der Waals surface area contributed by atoms with Gasteiger partial charge in [0, 0.05) is 83.3 Å². The molecule has 2 aliphatic heterocycles. The number of methoxy groups -OCH3 is 1. The Hall–Kier alpha value is -5.37. The zero-order valence-electron chi connectivity index (χ0n) is 49.6. The van der Waals surface area contributed by atoms with Gasteiger partial charge in [0.25, 0.3) is 5.91 Å². The summed E-state index contributed by atoms with van der Waals surface area (Å²) in [6.07, 6.45) is -14.9. The highest BCUT2D eigenvalue weighted by Gasteiger charge is 2.47. The number of rotatable bonds is 39. The first kappa shape index (κ1) is 74.1. The van der Waals surface area contributed by atoms with Gasteiger partial charge in [-0.2, -0.15) is 0 Å². The molecule has 1 aromatic carbocycles. The highest BCUT2D eigenvalue weighted by molar-refractivity contribution is 5.95. The summed E-state index contributed by atoms with van der Waals surface area (Å²) >= 11 is 0. The van der Waals surface area contributed by atoms with E-state index in [1.807, 2.05) is 0 Å². The minimum Gasteiger partial charge on any atom is -0.497 e. The van der Waals surface area contributed by atoms with E-state index in [1.54, 1.807) is 12.1 Å². The number of amides is 7. The molecule has 496 valence electrons. The van der Waals surface area contributed by atoms with E-state index in [2.05, 4.69) is 37.2 Å². The van der Waals surface area contributed by atoms with E-state index in [0.29, 0.717) is 5.75 Å². The van der Waals surface area contributed by atoms with Gasteiger partial charge in [0.1, 0.15) is 60.6 Å². The predicted octanol–water partition coefficient (Wildman–Crippen LogP) is -6.55. The van der Waals surface area contributed by atoms with Crippen LogP contribution in [-0.2, 0) is 66.7 Å². The Balaban J connectivity index is 1.37. The summed E-state index contributed by atoms with van der Waals surface area (Å²) in [5.74, 6) is -3.68. The first-order valence-electron chi connectivity index (χ1n) is 28.9. The van der Waals surface area contributed by atoms with Crippen molar-refractivity contribution in [3.63, 3.8) is 0 Å². The van der Waals surface area contributed by atoms with E-state index >= 15 is 0 Å². The molecule has 2 saturated heterocycles. The molecule has 87 heavy (non-hydrogen) atoms. The number of aliphatic hydroxyl groups excluding tert-OH is 9. The van der Waals surface area contributed by atoms with Gasteiger partial charge in [-0.05, 0) is 49.9 Å². The molecule has 32 heteroatoms. The van der Waals surface area contributed by atoms with E-state index in [-0.39, 0.29) is 130 Å². The van der Waals surface area contributed by atoms with Crippen molar-refractivity contribution < 1.29 is 122 Å². The fraction of sp³-hybridized carbons (Fsp3) is 0.764. The topological polar surface area (TPSA) is 469 Å². The van der Waals surface area contributed by atoms with E-state index in [0.717, 1.165) is 0 Å². The summed E-state index contributed by atoms with van der Waals surface area (Å²) in [5, 5.41) is 110. The molecule has 3 aliphatic rings. The molecule has 15 unspecified atom stereocenters. The second-order valence-corrected chi connectivity index (χ2v) is 21.3. The van der Waals surface area contributed by atoms with Crippen molar-refractivity contribution in [2.75, 3.05) is 106 Å². The molecular weight excluding hydrogens is 1160 g/mol. The summed E-state index contributed by atoms with van der Waals surface area (Å²) in [6.45, 7) is 1.85. The first-order chi connectivity index (χ1) is 41.6. The lowest BCUT2D eigenvalue weighted by molar-refractivity contribution is -0.272. The van der Waals surface area contributed by atoms with Crippen molar-refractivity contribution in [1.82, 2.24) is 37.2 Å². The monoisotopic (exact) mass is 1250 g/mol. The van der Waals surface area contributed by atoms with Crippen LogP contribution in [-0.4, -0.2) is 285 Å². The maximum Gasteiger partial charge on any atom is 0.251 e. The molecule has 0 aromatic heterocycles. The highest BCUT2D eigenvalue weighted by Crippen LogP contribution is 2.30. The lowest BCUT2D eigenvalue weighted by Crippen LogP contribution is -2.64. The van der Waals surface area contributed by atoms with Crippen molar-refractivity contribution >= 4 is 41.4 Å². The minimum atomic E-state index is -1.51. The van der Waals surface area contributed by atoms with Gasteiger partial charge >= 0.3 is 0 Å². The lowest BCUT2D eigenvalue weighted by atomic mass is 9.79. The fourth-order valence-electron chi connectivity index (χ4n) is 10.0. The molecule has 7 amide bonds. The number of hydrogen-bond donors (Lipinski definition) is 16. The Morgan fingerprint density at radius 2 is 0.897 bits per heavy atom. The summed E-state index contributed by atoms with van der Waals surface area (Å²) in [7, 11) is 1.46. The largest absolute Gasteiger partial charge is 0.497 e. The quantitative estimate of drug-likeness (QED) is 0.0273. The molecule has 1 saturated carbocycles. The van der Waals surface area contributed by atoms with Gasteiger partial charge in [-0.15, -0.1) is 0 Å². The van der Waals surface area contributed by atoms with Gasteiger partial charge in [0.05, 0.1) is 98.0 Å². The Morgan fingerprint density at radius 1 is 0.506 bits per heavy atom. The van der Waals surface area contributed by atoms with Crippen LogP contribution in [0, 0.1) is 5.92 Å². The molecule has 15 atom stereocenters. The highest BCUT2D eigenvalue weighted by atomic mass is 16.7. The van der Waals surface area contributed by atoms with Gasteiger partial charge in [0.2, 0.25) is 35.4 Å². The summed E-state index contributed by atoms with van der Waals surface area (Å²) < 4.78 is 50.4. The molecule has 1 aromatic rings. The molecule has 32 nitrogen and oxygen atoms in total. The number of nitrogens with one attached hydrogen (secondary N) is 7. The van der Waals surface area contributed by atoms with Crippen LogP contribution in [0.4, 0.5) is 0 Å². The number of hydrogen-bond acceptors (Lipinski definition) is 25. The summed E-state index contributed by atoms with van der Waals surface area (Å²) in [4.78, 5) is 89.9. The Labute approximate surface area is 503 Å². The maximum atomic E-state index is 14.1. The van der Waals surface area contributed by atoms with Crippen molar-refractivity contribution in [3.05, 3.63) is 29.8 Å². The predicted molar refractivity (Wildman–Crippen MR) is 300 cm³/mol. The zero-order valence-corrected chi connectivity index (χ0v) is 49.6. The third-order valence-corrected chi connectivity index (χ3v) is 14.8. The number of carbonyl (C=O) groups is 7. The maximum absolute atomic E-state index is 14.1. The zero-order chi connectivity index (χ0) is 64.1. The Kier molecular flexibility index (Phi) is 33.1. The van der Waals surface area contributed by atoms with Gasteiger partial charge in [-0.25, -0.2) is 0 Å². The summed E-state index contributed by atoms with van der Waals surface area (Å²) in [6, 6.07) is 2.95. The second kappa shape index (κ2) is 38.9. The average molecular weight is 1250 g/mol. The van der Waals surface area contributed by atoms with Crippen molar-refractivity contribution in [3.8, 4) is 5.75 Å². The van der Waals surface area contributed by atoms with Crippen LogP contribution >= 0.6 is 0 Å². The summed E-state index contributed by atoms with van der Waals surface area (Å²) in [5.41, 5.74) is -1.15. The molecule has 2 heterocycles. The van der Waals surface area contributed by atoms with Crippen molar-refractivity contribution in [1.29, 1.82) is 0 Å². The number of benzene rings is 1. The van der Waals surface area contributed by atoms with Crippen LogP contribution in [0.15, 0.2) is 24.3 Å². The van der Waals surface area contributed by atoms with Crippen LogP contribution in [0.1, 0.15) is 76.1 Å². The fourth-order valence-corrected chi connectivity index (χ4v) is 10.0. The van der Waals surface area contributed by atoms with E-state index < -0.39 is 158 Å². The van der Waals surface area contributed by atoms with E-state index in [1.165, 1.54) is 40.0 Å². The standard InChI is InChI=1S/C55H91N7O25/c1-31(66)59-43-37(27-35(28-63)46(72)49(43)75)83-24-21-80-18-15-56-40(69)9-12-55(62-52(78)34-5-7-36(79-4)8-6-34,13-10-41(70)57-16-19-81-22-25-84-53-44(60-32(2)67)50(76)47(73)38(29-64)86-53)14-11-42(71)58-17-20-82-23-26-85-54-45(61-33(3)68)51(77)48(74)39(30-65)87-54/h5-8,35,37-39,43-51,53-54,63-65,72-77H,9-30H2,1-4H3,(H,56,69)(H,57,70)(H,58,71)(H,59,66)(H,60,67)(H,61,68)(H,62,78). The molecule has 0 spiro atoms. The number of aliphatic hydroxyl groups is 9. The van der Waals surface area contributed by atoms with Gasteiger partial charge in [-0.1, -0.05) is 0 Å². The smallest absolute Gasteiger partial charge is 0.251 e. The van der Waals surface area contributed by atoms with E-state index in [9.17, 15) is 79.5 Å². The Morgan fingerprint density at radius 3 is 1.28 bits per heavy atom. The second-order valence-electron chi connectivity index (χ2n) is 21.3. The SMILES string of the molecule is COc1ccc(C(=O)NC(CCC(=O)NCCOCCOC2CC(CO)C(O)C(O)C2NC(C)=O)(CCC(=O)NCCOCCOC2OC(CO)C(O)C(O)C2NC(C)=O)CCC(=O)NCCOCCOC2OC(CO)C(O)C(O)C2NC(C)=O)cc1. The van der Waals surface area contributed by atoms with Crippen LogP contribution in [0.5, 0.6) is 5.75 Å². The first-order valence-corrected chi connectivity index (χ1v) is 28.9. The minimum absolute atomic E-state index is 0.00249. The van der Waals surface area contributed by atoms with Gasteiger partial charge in [-0.3, -0.25) is 33.6 Å². The van der Waals surface area contributed by atoms with Crippen molar-refractivity contribution in [2.24, 2.45) is 5.92 Å². The van der Waals surface area contributed by atoms with Crippen LogP contribution < -0.4 is 42.0 Å². The van der Waals surface area contributed by atoms with Gasteiger partial charge < -0.3 is 126 Å². The number of carbonyl (C=O) groups excluding carboxylic acids is 7. The molecule has 0 radical (unpaired) electrons. The average Bonchev–Trinajstić information content (AvgIpc) is 2.85. The molecule has 1 aliphatic carbocycles. The Bertz CT molecular complexity index is 2070. The molecule has 0 bridgehead atoms. The molecule has 16 N–H and O–H groups in total. The third-order valence-electron chi connectivity index (χ3n) is 14.8. The molecule has 4 rings (SSSR count). The third kappa shape index (κ3) is 24.9. The molecule has 3 fully saturated rings. The van der Waals surface area contributed by atoms with Gasteiger partial charge in [0.15, 0.2) is 12.6 Å². The number of ether oxygens (including phenoxy) is 9. The normalized spacial score (nSPS) is 27.9. The van der Waals surface area contributed by atoms with Crippen LogP contribution in [0.2, 0.25) is 0 Å². The van der Waals surface area contributed by atoms with E-state index in [4.69, 9.17) is 42.6 Å². The van der Waals surface area contributed by atoms with Crippen molar-refractivity contribution in [2.45, 2.75) is 157 Å².